The average molecular weight is 664 g/mol. The molecule has 0 heterocycles. The van der Waals surface area contributed by atoms with Gasteiger partial charge in [-0.05, 0) is 66.4 Å². The van der Waals surface area contributed by atoms with Gasteiger partial charge in [0.15, 0.2) is 0 Å². The van der Waals surface area contributed by atoms with E-state index in [0.717, 1.165) is 6.42 Å². The second-order valence-corrected chi connectivity index (χ2v) is 22.5. The van der Waals surface area contributed by atoms with Gasteiger partial charge in [0, 0.05) is 5.41 Å². The Morgan fingerprint density at radius 1 is 0.767 bits per heavy atom. The SMILES string of the molecule is CC1=[C-]C(C)(C)c2cc3c(cc21)-c1cc2c(cc1C3)C(C)(C)C=C2C.CC1=[C-]C(C)C=C1[Si](C)(C)C.[Zr+2]=[C]1CCCCC1. The first kappa shape index (κ1) is 32.8. The minimum atomic E-state index is -1.07. The summed E-state index contributed by atoms with van der Waals surface area (Å²) in [5.41, 5.74) is 15.9. The van der Waals surface area contributed by atoms with Gasteiger partial charge in [0.05, 0.1) is 0 Å². The summed E-state index contributed by atoms with van der Waals surface area (Å²) < 4.78 is 1.80. The Bertz CT molecular complexity index is 1500. The molecule has 5 aliphatic rings. The second-order valence-electron chi connectivity index (χ2n) is 15.8. The van der Waals surface area contributed by atoms with Gasteiger partial charge in [-0.25, -0.2) is 16.3 Å². The van der Waals surface area contributed by atoms with Crippen LogP contribution in [0.2, 0.25) is 19.6 Å². The van der Waals surface area contributed by atoms with Gasteiger partial charge in [0.2, 0.25) is 0 Å². The van der Waals surface area contributed by atoms with Gasteiger partial charge >= 0.3 is 59.5 Å². The number of allylic oxidation sites excluding steroid dienone is 8. The molecular weight excluding hydrogens is 612 g/mol. The molecule has 0 N–H and O–H groups in total. The summed E-state index contributed by atoms with van der Waals surface area (Å²) in [6, 6.07) is 9.81. The molecule has 43 heavy (non-hydrogen) atoms. The minimum absolute atomic E-state index is 0.0340. The first-order valence-corrected chi connectivity index (χ1v) is 21.3. The number of rotatable bonds is 1. The van der Waals surface area contributed by atoms with Gasteiger partial charge in [0.25, 0.3) is 0 Å². The van der Waals surface area contributed by atoms with Crippen molar-refractivity contribution in [3.05, 3.63) is 92.7 Å². The molecule has 0 bridgehead atoms. The zero-order chi connectivity index (χ0) is 31.5. The molecule has 1 fully saturated rings. The third-order valence-electron chi connectivity index (χ3n) is 9.96. The molecule has 1 unspecified atom stereocenters. The van der Waals surface area contributed by atoms with Crippen LogP contribution in [0.3, 0.4) is 0 Å². The molecule has 0 amide bonds. The van der Waals surface area contributed by atoms with E-state index in [2.05, 4.69) is 124 Å². The van der Waals surface area contributed by atoms with Crippen LogP contribution in [-0.4, -0.2) is 11.3 Å². The van der Waals surface area contributed by atoms with Crippen molar-refractivity contribution in [3.8, 4) is 11.1 Å². The monoisotopic (exact) mass is 662 g/mol. The summed E-state index contributed by atoms with van der Waals surface area (Å²) in [7, 11) is -1.07. The molecule has 2 aromatic rings. The summed E-state index contributed by atoms with van der Waals surface area (Å²) in [6.07, 6.45) is 20.3. The van der Waals surface area contributed by atoms with Crippen LogP contribution in [0.1, 0.15) is 121 Å². The molecular formula is C41H52SiZr. The molecule has 0 aromatic heterocycles. The van der Waals surface area contributed by atoms with E-state index >= 15 is 0 Å². The first-order chi connectivity index (χ1) is 20.0. The molecule has 0 nitrogen and oxygen atoms in total. The topological polar surface area (TPSA) is 0 Å². The zero-order valence-corrected chi connectivity index (χ0v) is 32.2. The van der Waals surface area contributed by atoms with E-state index in [-0.39, 0.29) is 10.8 Å². The molecule has 2 aromatic carbocycles. The maximum absolute atomic E-state index is 3.65. The molecule has 224 valence electrons. The molecule has 0 aliphatic heterocycles. The Hall–Kier alpha value is -1.63. The van der Waals surface area contributed by atoms with Gasteiger partial charge in [-0.2, -0.15) is 11.6 Å². The third kappa shape index (κ3) is 6.67. The van der Waals surface area contributed by atoms with Gasteiger partial charge in [-0.3, -0.25) is 12.2 Å². The number of hydrogen-bond acceptors (Lipinski definition) is 0. The zero-order valence-electron chi connectivity index (χ0n) is 28.8. The van der Waals surface area contributed by atoms with Gasteiger partial charge in [-0.15, -0.1) is 11.6 Å². The summed E-state index contributed by atoms with van der Waals surface area (Å²) in [5, 5.41) is 1.60. The van der Waals surface area contributed by atoms with Crippen molar-refractivity contribution in [1.29, 1.82) is 0 Å². The predicted octanol–water partition coefficient (Wildman–Crippen LogP) is 11.3. The summed E-state index contributed by atoms with van der Waals surface area (Å²) in [5.74, 6) is 0.553. The van der Waals surface area contributed by atoms with E-state index < -0.39 is 8.07 Å². The number of benzene rings is 2. The summed E-state index contributed by atoms with van der Waals surface area (Å²) >= 11 is 1.69. The summed E-state index contributed by atoms with van der Waals surface area (Å²) in [6.45, 7) is 25.2. The van der Waals surface area contributed by atoms with Crippen LogP contribution < -0.4 is 0 Å². The van der Waals surface area contributed by atoms with Crippen molar-refractivity contribution in [2.75, 3.05) is 0 Å². The van der Waals surface area contributed by atoms with Crippen molar-refractivity contribution in [2.45, 2.75) is 124 Å². The number of fused-ring (bicyclic) bond motifs is 5. The fraction of sp³-hybridized carbons (Fsp3) is 0.488. The quantitative estimate of drug-likeness (QED) is 0.180. The van der Waals surface area contributed by atoms with Crippen molar-refractivity contribution in [1.82, 2.24) is 0 Å². The first-order valence-electron chi connectivity index (χ1n) is 16.5. The molecule has 0 spiro atoms. The van der Waals surface area contributed by atoms with E-state index in [1.807, 2.05) is 0 Å². The second kappa shape index (κ2) is 11.9. The predicted molar refractivity (Wildman–Crippen MR) is 188 cm³/mol. The molecule has 1 atom stereocenters. The Labute approximate surface area is 279 Å². The normalized spacial score (nSPS) is 22.1. The van der Waals surface area contributed by atoms with Gasteiger partial charge < -0.3 is 0 Å². The van der Waals surface area contributed by atoms with Gasteiger partial charge in [0.1, 0.15) is 0 Å². The Kier molecular flexibility index (Phi) is 9.10. The molecule has 0 radical (unpaired) electrons. The van der Waals surface area contributed by atoms with Crippen molar-refractivity contribution >= 4 is 22.4 Å². The average Bonchev–Trinajstić information content (AvgIpc) is 3.57. The van der Waals surface area contributed by atoms with Crippen LogP contribution in [0.15, 0.2) is 47.2 Å². The fourth-order valence-electron chi connectivity index (χ4n) is 7.90. The van der Waals surface area contributed by atoms with E-state index in [1.165, 1.54) is 93.3 Å². The van der Waals surface area contributed by atoms with Crippen molar-refractivity contribution in [3.63, 3.8) is 0 Å². The Morgan fingerprint density at radius 3 is 1.84 bits per heavy atom. The van der Waals surface area contributed by atoms with Crippen LogP contribution in [-0.2, 0) is 41.5 Å². The van der Waals surface area contributed by atoms with E-state index in [9.17, 15) is 0 Å². The van der Waals surface area contributed by atoms with Crippen LogP contribution in [0.5, 0.6) is 0 Å². The fourth-order valence-corrected chi connectivity index (χ4v) is 10.7. The van der Waals surface area contributed by atoms with E-state index in [1.54, 1.807) is 32.6 Å². The van der Waals surface area contributed by atoms with Crippen molar-refractivity contribution < 1.29 is 24.2 Å². The van der Waals surface area contributed by atoms with E-state index in [4.69, 9.17) is 0 Å². The van der Waals surface area contributed by atoms with Gasteiger partial charge in [-0.1, -0.05) is 97.6 Å². The molecule has 7 rings (SSSR count). The third-order valence-corrected chi connectivity index (χ3v) is 13.3. The van der Waals surface area contributed by atoms with Crippen molar-refractivity contribution in [2.24, 2.45) is 5.92 Å². The standard InChI is InChI=1S/C25H25.C10H17Si.C6H10.Zr/c1-14-12-24(3,4)22-8-16-7-17-9-23-19(15(2)13-25(23,5)6)11-21(17)20(16)10-18(14)22;1-8-6-9(2)10(7-8)11(3,4)5;1-2-4-6-5-3-1;/h8-12H,7H2,1-6H3;7-8H,1-5H3;1-5H2;/q2*-1;;+2. The van der Waals surface area contributed by atoms with E-state index in [0.29, 0.717) is 5.92 Å². The Morgan fingerprint density at radius 2 is 1.35 bits per heavy atom. The van der Waals surface area contributed by atoms with Crippen LogP contribution in [0.25, 0.3) is 22.3 Å². The van der Waals surface area contributed by atoms with Crippen LogP contribution in [0.4, 0.5) is 0 Å². The molecule has 5 aliphatic carbocycles. The molecule has 0 saturated heterocycles. The number of hydrogen-bond donors (Lipinski definition) is 0. The molecule has 1 saturated carbocycles. The van der Waals surface area contributed by atoms with Crippen LogP contribution in [0, 0.1) is 18.1 Å². The maximum atomic E-state index is 3.65. The molecule has 2 heteroatoms. The Balaban J connectivity index is 0.000000168. The summed E-state index contributed by atoms with van der Waals surface area (Å²) in [4.78, 5) is 0. The van der Waals surface area contributed by atoms with Crippen LogP contribution >= 0.6 is 0 Å².